The monoisotopic (exact) mass is 724 g/mol. The molecule has 4 amide bonds. The number of anilines is 5. The molecule has 54 heavy (non-hydrogen) atoms. The molecule has 2 saturated heterocycles. The van der Waals surface area contributed by atoms with Crippen LogP contribution in [0.5, 0.6) is 0 Å². The third-order valence-electron chi connectivity index (χ3n) is 10.9. The number of nitrogens with one attached hydrogen (secondary N) is 3. The van der Waals surface area contributed by atoms with Crippen molar-refractivity contribution < 1.29 is 19.2 Å². The van der Waals surface area contributed by atoms with Crippen LogP contribution in [0.2, 0.25) is 0 Å². The standard InChI is InChI=1S/C40H40N10O4/c51-34-17-16-33(36(52)45-34)50-37(53)30-15-10-25(22-31(30)38(50)54)24-47-18-20-48(21-19-47)28-13-11-27(12-14-28)42-39-41-23-32-35(46-39)49(29-8-4-5-9-29)40(44-32)43-26-6-2-1-3-7-26/h1-3,6-7,10-15,22-23,29,33H,4-5,8-9,16-21,24H2,(H,43,44)(H,41,42,46)(H,45,51,52). The maximum atomic E-state index is 13.3. The highest BCUT2D eigenvalue weighted by Crippen LogP contribution is 2.36. The second-order valence-electron chi connectivity index (χ2n) is 14.4. The average Bonchev–Trinajstić information content (AvgIpc) is 3.90. The first kappa shape index (κ1) is 33.7. The first-order chi connectivity index (χ1) is 26.4. The zero-order valence-corrected chi connectivity index (χ0v) is 29.7. The molecule has 274 valence electrons. The number of aromatic nitrogens is 4. The minimum absolute atomic E-state index is 0.0940. The highest BCUT2D eigenvalue weighted by molar-refractivity contribution is 6.23. The molecule has 1 atom stereocenters. The summed E-state index contributed by atoms with van der Waals surface area (Å²) in [5, 5.41) is 9.13. The van der Waals surface area contributed by atoms with Crippen LogP contribution < -0.4 is 20.9 Å². The number of hydrogen-bond acceptors (Lipinski definition) is 11. The first-order valence-corrected chi connectivity index (χ1v) is 18.6. The van der Waals surface area contributed by atoms with Gasteiger partial charge in [-0.2, -0.15) is 4.98 Å². The van der Waals surface area contributed by atoms with Crippen LogP contribution in [0, 0.1) is 0 Å². The number of piperidine rings is 1. The highest BCUT2D eigenvalue weighted by Gasteiger charge is 2.44. The van der Waals surface area contributed by atoms with Crippen molar-refractivity contribution in [2.75, 3.05) is 41.7 Å². The SMILES string of the molecule is O=C1CCC(N2C(=O)c3ccc(CN4CCN(c5ccc(Nc6ncc7nc(Nc8ccccc8)n(C8CCCC8)c7n6)cc5)CC4)cc3C2=O)C(=O)N1. The van der Waals surface area contributed by atoms with E-state index in [4.69, 9.17) is 9.97 Å². The third kappa shape index (κ3) is 6.42. The van der Waals surface area contributed by atoms with Crippen molar-refractivity contribution in [1.82, 2.24) is 34.6 Å². The molecule has 3 fully saturated rings. The minimum atomic E-state index is -0.970. The van der Waals surface area contributed by atoms with Crippen LogP contribution in [0.3, 0.4) is 0 Å². The summed E-state index contributed by atoms with van der Waals surface area (Å²) >= 11 is 0. The highest BCUT2D eigenvalue weighted by atomic mass is 16.2. The molecule has 0 bridgehead atoms. The van der Waals surface area contributed by atoms with E-state index in [9.17, 15) is 19.2 Å². The lowest BCUT2D eigenvalue weighted by Crippen LogP contribution is -2.54. The Hall–Kier alpha value is -6.15. The van der Waals surface area contributed by atoms with Crippen LogP contribution >= 0.6 is 0 Å². The Morgan fingerprint density at radius 1 is 0.759 bits per heavy atom. The Morgan fingerprint density at radius 2 is 1.50 bits per heavy atom. The van der Waals surface area contributed by atoms with E-state index in [2.05, 4.69) is 47.4 Å². The molecular weight excluding hydrogens is 685 g/mol. The topological polar surface area (TPSA) is 158 Å². The van der Waals surface area contributed by atoms with Gasteiger partial charge in [-0.05, 0) is 73.4 Å². The van der Waals surface area contributed by atoms with Gasteiger partial charge in [-0.15, -0.1) is 0 Å². The van der Waals surface area contributed by atoms with Crippen LogP contribution in [-0.2, 0) is 16.1 Å². The van der Waals surface area contributed by atoms with Crippen LogP contribution in [0.1, 0.15) is 70.8 Å². The number of carbonyl (C=O) groups is 4. The quantitative estimate of drug-likeness (QED) is 0.173. The Kier molecular flexibility index (Phi) is 8.73. The lowest BCUT2D eigenvalue weighted by atomic mass is 10.0. The van der Waals surface area contributed by atoms with Gasteiger partial charge in [-0.1, -0.05) is 37.1 Å². The summed E-state index contributed by atoms with van der Waals surface area (Å²) in [5.41, 5.74) is 6.12. The molecule has 14 nitrogen and oxygen atoms in total. The molecule has 0 spiro atoms. The molecule has 3 aliphatic heterocycles. The average molecular weight is 725 g/mol. The fourth-order valence-corrected chi connectivity index (χ4v) is 8.12. The summed E-state index contributed by atoms with van der Waals surface area (Å²) in [7, 11) is 0. The van der Waals surface area contributed by atoms with E-state index in [1.165, 1.54) is 12.8 Å². The summed E-state index contributed by atoms with van der Waals surface area (Å²) < 4.78 is 2.24. The normalized spacial score (nSPS) is 19.4. The molecule has 0 radical (unpaired) electrons. The molecule has 3 aromatic carbocycles. The van der Waals surface area contributed by atoms with E-state index in [1.54, 1.807) is 18.3 Å². The third-order valence-corrected chi connectivity index (χ3v) is 10.9. The number of imide groups is 2. The Bertz CT molecular complexity index is 2260. The number of nitrogens with zero attached hydrogens (tertiary/aromatic N) is 7. The number of imidazole rings is 1. The number of rotatable bonds is 9. The van der Waals surface area contributed by atoms with E-state index in [-0.39, 0.29) is 12.8 Å². The van der Waals surface area contributed by atoms with Crippen LogP contribution in [0.25, 0.3) is 11.2 Å². The second-order valence-corrected chi connectivity index (χ2v) is 14.4. The molecule has 9 rings (SSSR count). The Labute approximate surface area is 311 Å². The molecule has 4 aliphatic rings. The minimum Gasteiger partial charge on any atom is -0.369 e. The van der Waals surface area contributed by atoms with Crippen molar-refractivity contribution >= 4 is 63.8 Å². The van der Waals surface area contributed by atoms with E-state index in [0.717, 1.165) is 83.7 Å². The fraction of sp³-hybridized carbons (Fsp3) is 0.325. The molecule has 1 aliphatic carbocycles. The number of amides is 4. The van der Waals surface area contributed by atoms with Gasteiger partial charge < -0.3 is 15.5 Å². The number of para-hydroxylation sites is 1. The van der Waals surface area contributed by atoms with Gasteiger partial charge in [0.25, 0.3) is 11.8 Å². The number of benzene rings is 3. The Balaban J connectivity index is 0.826. The predicted molar refractivity (Wildman–Crippen MR) is 203 cm³/mol. The van der Waals surface area contributed by atoms with Crippen molar-refractivity contribution in [3.8, 4) is 0 Å². The van der Waals surface area contributed by atoms with E-state index in [1.807, 2.05) is 48.5 Å². The zero-order valence-electron chi connectivity index (χ0n) is 29.7. The van der Waals surface area contributed by atoms with E-state index in [0.29, 0.717) is 29.7 Å². The van der Waals surface area contributed by atoms with Gasteiger partial charge in [-0.3, -0.25) is 38.9 Å². The summed E-state index contributed by atoms with van der Waals surface area (Å²) in [4.78, 5) is 70.5. The fourth-order valence-electron chi connectivity index (χ4n) is 8.12. The van der Waals surface area contributed by atoms with Crippen molar-refractivity contribution in [3.05, 3.63) is 95.7 Å². The summed E-state index contributed by atoms with van der Waals surface area (Å²) in [6.07, 6.45) is 6.61. The van der Waals surface area contributed by atoms with Gasteiger partial charge in [0.2, 0.25) is 23.7 Å². The number of fused-ring (bicyclic) bond motifs is 2. The van der Waals surface area contributed by atoms with Gasteiger partial charge in [0, 0.05) is 62.2 Å². The van der Waals surface area contributed by atoms with Gasteiger partial charge in [0.15, 0.2) is 5.65 Å². The maximum Gasteiger partial charge on any atom is 0.262 e. The van der Waals surface area contributed by atoms with Crippen molar-refractivity contribution in [2.45, 2.75) is 57.2 Å². The molecule has 1 unspecified atom stereocenters. The van der Waals surface area contributed by atoms with Gasteiger partial charge in [-0.25, -0.2) is 9.97 Å². The van der Waals surface area contributed by atoms with Gasteiger partial charge in [0.05, 0.1) is 17.3 Å². The second kappa shape index (κ2) is 14.0. The van der Waals surface area contributed by atoms with Crippen molar-refractivity contribution in [2.24, 2.45) is 0 Å². The lowest BCUT2D eigenvalue weighted by molar-refractivity contribution is -0.136. The molecule has 1 saturated carbocycles. The van der Waals surface area contributed by atoms with E-state index < -0.39 is 29.7 Å². The van der Waals surface area contributed by atoms with Gasteiger partial charge >= 0.3 is 0 Å². The zero-order chi connectivity index (χ0) is 36.8. The smallest absolute Gasteiger partial charge is 0.262 e. The van der Waals surface area contributed by atoms with Crippen molar-refractivity contribution in [3.63, 3.8) is 0 Å². The molecule has 5 aromatic rings. The van der Waals surface area contributed by atoms with Crippen LogP contribution in [0.15, 0.2) is 79.0 Å². The largest absolute Gasteiger partial charge is 0.369 e. The number of hydrogen-bond donors (Lipinski definition) is 3. The molecule has 3 N–H and O–H groups in total. The molecular formula is C40H40N10O4. The Morgan fingerprint density at radius 3 is 2.26 bits per heavy atom. The summed E-state index contributed by atoms with van der Waals surface area (Å²) in [6, 6.07) is 23.1. The molecule has 14 heteroatoms. The lowest BCUT2D eigenvalue weighted by Gasteiger charge is -2.36. The number of piperazine rings is 1. The summed E-state index contributed by atoms with van der Waals surface area (Å²) in [5.74, 6) is -0.657. The first-order valence-electron chi connectivity index (χ1n) is 18.6. The van der Waals surface area contributed by atoms with Crippen LogP contribution in [0.4, 0.5) is 29.0 Å². The molecule has 2 aromatic heterocycles. The molecule has 5 heterocycles. The van der Waals surface area contributed by atoms with Crippen molar-refractivity contribution in [1.29, 1.82) is 0 Å². The van der Waals surface area contributed by atoms with Gasteiger partial charge in [0.1, 0.15) is 11.6 Å². The maximum absolute atomic E-state index is 13.3. The number of carbonyl (C=O) groups excluding carboxylic acids is 4. The predicted octanol–water partition coefficient (Wildman–Crippen LogP) is 5.15. The van der Waals surface area contributed by atoms with Crippen LogP contribution in [-0.4, -0.2) is 85.2 Å². The van der Waals surface area contributed by atoms with E-state index >= 15 is 0 Å². The summed E-state index contributed by atoms with van der Waals surface area (Å²) in [6.45, 7) is 3.97.